The fraction of sp³-hybridized carbons (Fsp3) is 0.600. The Hall–Kier alpha value is -1.32. The summed E-state index contributed by atoms with van der Waals surface area (Å²) in [5.41, 5.74) is 4.16. The van der Waals surface area contributed by atoms with Crippen LogP contribution in [0.4, 0.5) is 0 Å². The van der Waals surface area contributed by atoms with Crippen LogP contribution in [0, 0.1) is 12.8 Å². The van der Waals surface area contributed by atoms with Gasteiger partial charge < -0.3 is 15.3 Å². The van der Waals surface area contributed by atoms with Gasteiger partial charge in [0.1, 0.15) is 5.75 Å². The van der Waals surface area contributed by atoms with Crippen LogP contribution in [0.25, 0.3) is 0 Å². The van der Waals surface area contributed by atoms with E-state index >= 15 is 0 Å². The van der Waals surface area contributed by atoms with Gasteiger partial charge in [-0.3, -0.25) is 0 Å². The molecular formula is C20H30O3. The van der Waals surface area contributed by atoms with Crippen molar-refractivity contribution in [2.75, 3.05) is 6.61 Å². The molecule has 0 fully saturated rings. The lowest BCUT2D eigenvalue weighted by Crippen LogP contribution is -2.33. The molecule has 0 amide bonds. The molecule has 128 valence electrons. The van der Waals surface area contributed by atoms with Gasteiger partial charge in [-0.15, -0.1) is 0 Å². The number of benzene rings is 1. The highest BCUT2D eigenvalue weighted by molar-refractivity contribution is 5.49. The van der Waals surface area contributed by atoms with Crippen molar-refractivity contribution >= 4 is 0 Å². The molecule has 3 nitrogen and oxygen atoms in total. The van der Waals surface area contributed by atoms with Crippen LogP contribution in [-0.2, 0) is 0 Å². The van der Waals surface area contributed by atoms with Gasteiger partial charge in [-0.25, -0.2) is 0 Å². The Morgan fingerprint density at radius 1 is 1.35 bits per heavy atom. The molecule has 1 aromatic carbocycles. The summed E-state index contributed by atoms with van der Waals surface area (Å²) in [6.07, 6.45) is 4.28. The number of aliphatic hydroxyl groups is 2. The van der Waals surface area contributed by atoms with Gasteiger partial charge in [0.15, 0.2) is 0 Å². The predicted octanol–water partition coefficient (Wildman–Crippen LogP) is 4.01. The molecule has 0 bridgehead atoms. The van der Waals surface area contributed by atoms with Crippen LogP contribution >= 0.6 is 0 Å². The van der Waals surface area contributed by atoms with Crippen molar-refractivity contribution in [1.29, 1.82) is 0 Å². The van der Waals surface area contributed by atoms with Crippen molar-refractivity contribution in [3.8, 4) is 5.75 Å². The molecule has 0 spiro atoms. The van der Waals surface area contributed by atoms with Crippen LogP contribution in [0.3, 0.4) is 0 Å². The van der Waals surface area contributed by atoms with E-state index in [-0.39, 0.29) is 24.2 Å². The summed E-state index contributed by atoms with van der Waals surface area (Å²) in [5, 5.41) is 30.7. The summed E-state index contributed by atoms with van der Waals surface area (Å²) < 4.78 is 0. The number of aromatic hydroxyl groups is 1. The minimum Gasteiger partial charge on any atom is -0.508 e. The molecule has 1 aromatic rings. The Labute approximate surface area is 139 Å². The monoisotopic (exact) mass is 318 g/mol. The van der Waals surface area contributed by atoms with Crippen molar-refractivity contribution in [1.82, 2.24) is 0 Å². The molecule has 1 aliphatic carbocycles. The second kappa shape index (κ2) is 7.50. The Balaban J connectivity index is 2.35. The molecule has 0 aromatic heterocycles. The van der Waals surface area contributed by atoms with Crippen LogP contribution in [0.1, 0.15) is 68.6 Å². The molecular weight excluding hydrogens is 288 g/mol. The molecule has 0 saturated heterocycles. The van der Waals surface area contributed by atoms with Crippen molar-refractivity contribution < 1.29 is 15.3 Å². The smallest absolute Gasteiger partial charge is 0.119 e. The summed E-state index contributed by atoms with van der Waals surface area (Å²) in [6, 6.07) is 3.83. The van der Waals surface area contributed by atoms with E-state index in [1.807, 2.05) is 6.92 Å². The third-order valence-electron chi connectivity index (χ3n) is 5.05. The lowest BCUT2D eigenvalue weighted by molar-refractivity contribution is 0.0782. The molecule has 2 rings (SSSR count). The fourth-order valence-corrected chi connectivity index (χ4v) is 3.96. The second-order valence-corrected chi connectivity index (χ2v) is 7.33. The Morgan fingerprint density at radius 3 is 2.65 bits per heavy atom. The molecule has 4 atom stereocenters. The first-order chi connectivity index (χ1) is 10.8. The summed E-state index contributed by atoms with van der Waals surface area (Å²) in [4.78, 5) is 0. The third-order valence-corrected chi connectivity index (χ3v) is 5.05. The normalized spacial score (nSPS) is 24.9. The van der Waals surface area contributed by atoms with Gasteiger partial charge in [-0.2, -0.15) is 0 Å². The average molecular weight is 318 g/mol. The zero-order valence-electron chi connectivity index (χ0n) is 14.7. The molecule has 0 saturated carbocycles. The Kier molecular flexibility index (Phi) is 5.88. The largest absolute Gasteiger partial charge is 0.508 e. The maximum absolute atomic E-state index is 10.7. The number of hydrogen-bond acceptors (Lipinski definition) is 3. The molecule has 1 aliphatic rings. The van der Waals surface area contributed by atoms with E-state index in [1.165, 1.54) is 5.57 Å². The van der Waals surface area contributed by atoms with E-state index in [4.69, 9.17) is 0 Å². The summed E-state index contributed by atoms with van der Waals surface area (Å²) in [7, 11) is 0. The first kappa shape index (κ1) is 18.0. The minimum absolute atomic E-state index is 0.0177. The first-order valence-corrected chi connectivity index (χ1v) is 8.60. The van der Waals surface area contributed by atoms with Crippen LogP contribution in [0.5, 0.6) is 5.75 Å². The number of fused-ring (bicyclic) bond motifs is 1. The number of allylic oxidation sites excluding steroid dienone is 2. The third kappa shape index (κ3) is 3.96. The summed E-state index contributed by atoms with van der Waals surface area (Å²) in [6.45, 7) is 8.29. The van der Waals surface area contributed by atoms with E-state index < -0.39 is 6.10 Å². The van der Waals surface area contributed by atoms with Crippen LogP contribution in [-0.4, -0.2) is 28.0 Å². The van der Waals surface area contributed by atoms with E-state index in [0.29, 0.717) is 12.3 Å². The molecule has 23 heavy (non-hydrogen) atoms. The SMILES string of the molecule is CC(C)=CCCC(C)C1c2cc(C)cc(O)c2C(CO)CC1O. The Morgan fingerprint density at radius 2 is 2.04 bits per heavy atom. The lowest BCUT2D eigenvalue weighted by Gasteiger charge is -2.38. The van der Waals surface area contributed by atoms with E-state index in [0.717, 1.165) is 29.5 Å². The molecule has 3 heteroatoms. The van der Waals surface area contributed by atoms with Gasteiger partial charge in [0.2, 0.25) is 0 Å². The molecule has 0 heterocycles. The number of hydrogen-bond donors (Lipinski definition) is 3. The van der Waals surface area contributed by atoms with Gasteiger partial charge >= 0.3 is 0 Å². The molecule has 0 aliphatic heterocycles. The highest BCUT2D eigenvalue weighted by Crippen LogP contribution is 2.47. The van der Waals surface area contributed by atoms with Gasteiger partial charge in [-0.05, 0) is 63.1 Å². The molecule has 0 radical (unpaired) electrons. The van der Waals surface area contributed by atoms with Crippen molar-refractivity contribution in [2.45, 2.75) is 64.9 Å². The fourth-order valence-electron chi connectivity index (χ4n) is 3.96. The summed E-state index contributed by atoms with van der Waals surface area (Å²) in [5.74, 6) is 0.415. The summed E-state index contributed by atoms with van der Waals surface area (Å²) >= 11 is 0. The van der Waals surface area contributed by atoms with Gasteiger partial charge in [-0.1, -0.05) is 24.6 Å². The van der Waals surface area contributed by atoms with E-state index in [1.54, 1.807) is 6.07 Å². The lowest BCUT2D eigenvalue weighted by atomic mass is 9.69. The van der Waals surface area contributed by atoms with Crippen LogP contribution in [0.15, 0.2) is 23.8 Å². The quantitative estimate of drug-likeness (QED) is 0.719. The highest BCUT2D eigenvalue weighted by Gasteiger charge is 2.38. The topological polar surface area (TPSA) is 60.7 Å². The maximum atomic E-state index is 10.7. The van der Waals surface area contributed by atoms with Crippen LogP contribution < -0.4 is 0 Å². The minimum atomic E-state index is -0.470. The number of aliphatic hydroxyl groups excluding tert-OH is 2. The van der Waals surface area contributed by atoms with E-state index in [2.05, 4.69) is 32.9 Å². The average Bonchev–Trinajstić information content (AvgIpc) is 2.44. The Bertz CT molecular complexity index is 572. The number of phenols is 1. The number of rotatable bonds is 5. The van der Waals surface area contributed by atoms with Crippen molar-refractivity contribution in [2.24, 2.45) is 5.92 Å². The molecule has 4 unspecified atom stereocenters. The van der Waals surface area contributed by atoms with Crippen molar-refractivity contribution in [3.05, 3.63) is 40.5 Å². The maximum Gasteiger partial charge on any atom is 0.119 e. The molecule has 3 N–H and O–H groups in total. The van der Waals surface area contributed by atoms with Gasteiger partial charge in [0, 0.05) is 17.4 Å². The standard InChI is InChI=1S/C20H30O3/c1-12(2)6-5-7-14(4)19-16-8-13(3)9-17(22)20(16)15(11-21)10-18(19)23/h6,8-9,14-15,18-19,21-23H,5,7,10-11H2,1-4H3. The van der Waals surface area contributed by atoms with E-state index in [9.17, 15) is 15.3 Å². The van der Waals surface area contributed by atoms with Crippen molar-refractivity contribution in [3.63, 3.8) is 0 Å². The van der Waals surface area contributed by atoms with Gasteiger partial charge in [0.25, 0.3) is 0 Å². The zero-order chi connectivity index (χ0) is 17.1. The first-order valence-electron chi connectivity index (χ1n) is 8.60. The number of phenolic OH excluding ortho intramolecular Hbond substituents is 1. The zero-order valence-corrected chi connectivity index (χ0v) is 14.7. The highest BCUT2D eigenvalue weighted by atomic mass is 16.3. The van der Waals surface area contributed by atoms with Crippen LogP contribution in [0.2, 0.25) is 0 Å². The second-order valence-electron chi connectivity index (χ2n) is 7.33. The number of aryl methyl sites for hydroxylation is 1. The predicted molar refractivity (Wildman–Crippen MR) is 93.9 cm³/mol. The van der Waals surface area contributed by atoms with Gasteiger partial charge in [0.05, 0.1) is 12.7 Å².